The van der Waals surface area contributed by atoms with Crippen LogP contribution in [0.4, 0.5) is 34.1 Å². The molecule has 0 bridgehead atoms. The van der Waals surface area contributed by atoms with Crippen molar-refractivity contribution in [3.63, 3.8) is 0 Å². The van der Waals surface area contributed by atoms with Crippen LogP contribution in [0.15, 0.2) is 185 Å². The highest BCUT2D eigenvalue weighted by Crippen LogP contribution is 2.45. The maximum atomic E-state index is 10.4. The highest BCUT2D eigenvalue weighted by atomic mass is 16.3. The summed E-state index contributed by atoms with van der Waals surface area (Å²) < 4.78 is 13.3. The molecule has 5 heteroatoms. The van der Waals surface area contributed by atoms with Gasteiger partial charge in [0.05, 0.1) is 5.56 Å². The number of fused-ring (bicyclic) bond motifs is 9. The van der Waals surface area contributed by atoms with E-state index in [0.717, 1.165) is 88.4 Å². The molecule has 11 rings (SSSR count). The van der Waals surface area contributed by atoms with Gasteiger partial charge in [0.15, 0.2) is 5.58 Å². The van der Waals surface area contributed by atoms with E-state index in [1.165, 1.54) is 11.1 Å². The summed E-state index contributed by atoms with van der Waals surface area (Å²) >= 11 is 0. The smallest absolute Gasteiger partial charge is 0.154 e. The Bertz CT molecular complexity index is 3450. The molecule has 0 saturated heterocycles. The highest BCUT2D eigenvalue weighted by molar-refractivity contribution is 6.28. The zero-order valence-corrected chi connectivity index (χ0v) is 31.9. The number of anilines is 6. The minimum Gasteiger partial charge on any atom is -0.456 e. The van der Waals surface area contributed by atoms with Crippen LogP contribution in [0.3, 0.4) is 0 Å². The van der Waals surface area contributed by atoms with Crippen molar-refractivity contribution in [2.75, 3.05) is 9.80 Å². The molecule has 0 fully saturated rings. The van der Waals surface area contributed by atoms with Crippen LogP contribution < -0.4 is 9.80 Å². The van der Waals surface area contributed by atoms with Crippen LogP contribution in [0.2, 0.25) is 0 Å². The van der Waals surface area contributed by atoms with Crippen molar-refractivity contribution < 1.29 is 8.83 Å². The second-order valence-corrected chi connectivity index (χ2v) is 15.0. The standard InChI is InChI=1S/C53H35N3O2/c1-33-13-9-11-19-46(33)55(40-15-5-3-6-16-40)42-23-21-35-27-44-48(29-37(35)25-42)57-50-31-39(32-54)53-52(51(44)50)45-28-36-22-24-43(26-38(36)30-49(45)58-53)56(41-17-7-4-8-18-41)47-20-12-10-14-34(47)2/h3-31H,1-2H3. The van der Waals surface area contributed by atoms with Crippen molar-refractivity contribution in [3.05, 3.63) is 193 Å². The Morgan fingerprint density at radius 3 is 1.41 bits per heavy atom. The van der Waals surface area contributed by atoms with E-state index in [0.29, 0.717) is 16.7 Å². The van der Waals surface area contributed by atoms with E-state index in [1.54, 1.807) is 0 Å². The SMILES string of the molecule is Cc1ccccc1N(c1ccccc1)c1ccc2cc3c(cc2c1)oc1cc(C#N)c2oc4cc5cc(N(c6ccccc6)c6ccccc6C)ccc5cc4c2c13. The maximum Gasteiger partial charge on any atom is 0.154 e. The molecule has 0 unspecified atom stereocenters. The lowest BCUT2D eigenvalue weighted by Crippen LogP contribution is -2.11. The third-order valence-electron chi connectivity index (χ3n) is 11.4. The molecule has 9 aromatic carbocycles. The molecular weight excluding hydrogens is 711 g/mol. The van der Waals surface area contributed by atoms with Crippen molar-refractivity contribution in [1.82, 2.24) is 0 Å². The van der Waals surface area contributed by atoms with Gasteiger partial charge in [0.2, 0.25) is 0 Å². The zero-order valence-electron chi connectivity index (χ0n) is 31.9. The predicted molar refractivity (Wildman–Crippen MR) is 240 cm³/mol. The summed E-state index contributed by atoms with van der Waals surface area (Å²) in [5.41, 5.74) is 12.0. The second-order valence-electron chi connectivity index (χ2n) is 15.0. The van der Waals surface area contributed by atoms with Crippen molar-refractivity contribution in [1.29, 1.82) is 5.26 Å². The molecule has 0 amide bonds. The first-order chi connectivity index (χ1) is 28.5. The first kappa shape index (κ1) is 33.5. The minimum absolute atomic E-state index is 0.445. The molecular formula is C53H35N3O2. The predicted octanol–water partition coefficient (Wildman–Crippen LogP) is 15.2. The van der Waals surface area contributed by atoms with E-state index in [2.05, 4.69) is 187 Å². The van der Waals surface area contributed by atoms with Crippen LogP contribution in [0.25, 0.3) is 65.4 Å². The number of hydrogen-bond acceptors (Lipinski definition) is 5. The lowest BCUT2D eigenvalue weighted by molar-refractivity contribution is 0.662. The molecule has 0 aliphatic heterocycles. The zero-order chi connectivity index (χ0) is 38.9. The molecule has 5 nitrogen and oxygen atoms in total. The topological polar surface area (TPSA) is 56.6 Å². The van der Waals surface area contributed by atoms with Gasteiger partial charge in [-0.3, -0.25) is 0 Å². The van der Waals surface area contributed by atoms with Gasteiger partial charge in [-0.25, -0.2) is 0 Å². The number of rotatable bonds is 6. The Labute approximate surface area is 334 Å². The summed E-state index contributed by atoms with van der Waals surface area (Å²) in [6, 6.07) is 63.8. The number of aryl methyl sites for hydroxylation is 2. The summed E-state index contributed by atoms with van der Waals surface area (Å²) in [5, 5.41) is 18.5. The van der Waals surface area contributed by atoms with Gasteiger partial charge in [-0.2, -0.15) is 5.26 Å². The van der Waals surface area contributed by atoms with Gasteiger partial charge in [-0.1, -0.05) is 84.9 Å². The molecule has 2 aromatic heterocycles. The molecule has 11 aromatic rings. The second kappa shape index (κ2) is 13.2. The lowest BCUT2D eigenvalue weighted by Gasteiger charge is -2.27. The summed E-state index contributed by atoms with van der Waals surface area (Å²) in [7, 11) is 0. The highest BCUT2D eigenvalue weighted by Gasteiger charge is 2.22. The molecule has 0 aliphatic rings. The molecule has 2 heterocycles. The van der Waals surface area contributed by atoms with Gasteiger partial charge in [-0.15, -0.1) is 0 Å². The summed E-state index contributed by atoms with van der Waals surface area (Å²) in [5.74, 6) is 0. The minimum atomic E-state index is 0.445. The number of hydrogen-bond donors (Lipinski definition) is 0. The van der Waals surface area contributed by atoms with E-state index < -0.39 is 0 Å². The van der Waals surface area contributed by atoms with E-state index in [9.17, 15) is 5.26 Å². The number of nitriles is 1. The van der Waals surface area contributed by atoms with Crippen LogP contribution in [0.5, 0.6) is 0 Å². The van der Waals surface area contributed by atoms with Gasteiger partial charge in [-0.05, 0) is 131 Å². The van der Waals surface area contributed by atoms with Crippen molar-refractivity contribution in [2.24, 2.45) is 0 Å². The van der Waals surface area contributed by atoms with Crippen LogP contribution in [-0.4, -0.2) is 0 Å². The average Bonchev–Trinajstić information content (AvgIpc) is 3.80. The molecule has 0 aliphatic carbocycles. The summed E-state index contributed by atoms with van der Waals surface area (Å²) in [4.78, 5) is 4.59. The third kappa shape index (κ3) is 5.31. The fourth-order valence-electron chi connectivity index (χ4n) is 8.67. The Balaban J connectivity index is 1.09. The molecule has 0 saturated carbocycles. The largest absolute Gasteiger partial charge is 0.456 e. The maximum absolute atomic E-state index is 10.4. The lowest BCUT2D eigenvalue weighted by atomic mass is 9.99. The number of para-hydroxylation sites is 4. The molecule has 58 heavy (non-hydrogen) atoms. The normalized spacial score (nSPS) is 11.6. The van der Waals surface area contributed by atoms with Gasteiger partial charge in [0.25, 0.3) is 0 Å². The van der Waals surface area contributed by atoms with Gasteiger partial charge < -0.3 is 18.6 Å². The van der Waals surface area contributed by atoms with Crippen molar-refractivity contribution in [3.8, 4) is 6.07 Å². The van der Waals surface area contributed by atoms with Gasteiger partial charge in [0, 0.05) is 61.7 Å². The average molecular weight is 746 g/mol. The molecule has 0 radical (unpaired) electrons. The van der Waals surface area contributed by atoms with Crippen LogP contribution in [0, 0.1) is 25.2 Å². The molecule has 0 atom stereocenters. The fraction of sp³-hybridized carbons (Fsp3) is 0.0377. The first-order valence-electron chi connectivity index (χ1n) is 19.5. The first-order valence-corrected chi connectivity index (χ1v) is 19.5. The number of benzene rings is 9. The van der Waals surface area contributed by atoms with E-state index in [-0.39, 0.29) is 0 Å². The summed E-state index contributed by atoms with van der Waals surface area (Å²) in [6.07, 6.45) is 0. The fourth-order valence-corrected chi connectivity index (χ4v) is 8.67. The molecule has 0 N–H and O–H groups in total. The number of nitrogens with zero attached hydrogens (tertiary/aromatic N) is 3. The van der Waals surface area contributed by atoms with Gasteiger partial charge >= 0.3 is 0 Å². The number of furan rings is 2. The molecule has 274 valence electrons. The third-order valence-corrected chi connectivity index (χ3v) is 11.4. The Morgan fingerprint density at radius 2 is 0.897 bits per heavy atom. The Hall–Kier alpha value is -7.81. The van der Waals surface area contributed by atoms with Crippen LogP contribution >= 0.6 is 0 Å². The Kier molecular flexibility index (Phi) is 7.60. The van der Waals surface area contributed by atoms with E-state index in [1.807, 2.05) is 18.2 Å². The van der Waals surface area contributed by atoms with Gasteiger partial charge in [0.1, 0.15) is 22.8 Å². The Morgan fingerprint density at radius 1 is 0.414 bits per heavy atom. The van der Waals surface area contributed by atoms with Crippen LogP contribution in [-0.2, 0) is 0 Å². The monoisotopic (exact) mass is 745 g/mol. The van der Waals surface area contributed by atoms with Crippen molar-refractivity contribution >= 4 is 99.5 Å². The molecule has 0 spiro atoms. The van der Waals surface area contributed by atoms with E-state index >= 15 is 0 Å². The summed E-state index contributed by atoms with van der Waals surface area (Å²) in [6.45, 7) is 4.29. The van der Waals surface area contributed by atoms with E-state index in [4.69, 9.17) is 8.83 Å². The van der Waals surface area contributed by atoms with Crippen molar-refractivity contribution in [2.45, 2.75) is 13.8 Å². The quantitative estimate of drug-likeness (QED) is 0.170. The van der Waals surface area contributed by atoms with Crippen LogP contribution in [0.1, 0.15) is 16.7 Å².